The topological polar surface area (TPSA) is 122 Å². The molecule has 1 heterocycles. The molecule has 10 heteroatoms. The van der Waals surface area contributed by atoms with Gasteiger partial charge in [0.1, 0.15) is 0 Å². The lowest BCUT2D eigenvalue weighted by atomic mass is 10.1. The van der Waals surface area contributed by atoms with E-state index in [1.54, 1.807) is 10.9 Å². The molecule has 3 N–H and O–H groups in total. The van der Waals surface area contributed by atoms with Crippen LogP contribution in [0.15, 0.2) is 60.9 Å². The summed E-state index contributed by atoms with van der Waals surface area (Å²) in [5.74, 6) is -0.764. The quantitative estimate of drug-likeness (QED) is 0.495. The molecule has 0 aliphatic carbocycles. The summed E-state index contributed by atoms with van der Waals surface area (Å²) >= 11 is 0. The molecule has 0 saturated heterocycles. The molecule has 31 heavy (non-hydrogen) atoms. The molecule has 162 valence electrons. The highest BCUT2D eigenvalue weighted by Crippen LogP contribution is 2.22. The second-order valence-corrected chi connectivity index (χ2v) is 8.70. The van der Waals surface area contributed by atoms with E-state index < -0.39 is 15.9 Å². The van der Waals surface area contributed by atoms with Crippen molar-refractivity contribution in [3.05, 3.63) is 72.1 Å². The normalized spacial score (nSPS) is 11.0. The second kappa shape index (κ2) is 9.43. The largest absolute Gasteiger partial charge is 0.352 e. The number of nitrogens with zero attached hydrogens (tertiary/aromatic N) is 2. The van der Waals surface area contributed by atoms with Gasteiger partial charge in [-0.25, -0.2) is 13.1 Å². The molecular weight excluding hydrogens is 418 g/mol. The minimum atomic E-state index is -3.58. The minimum absolute atomic E-state index is 0.108. The van der Waals surface area contributed by atoms with Crippen molar-refractivity contribution in [1.82, 2.24) is 15.1 Å². The Balaban J connectivity index is 1.69. The van der Waals surface area contributed by atoms with Gasteiger partial charge < -0.3 is 10.6 Å². The molecule has 1 aromatic heterocycles. The van der Waals surface area contributed by atoms with E-state index in [1.807, 2.05) is 36.5 Å². The van der Waals surface area contributed by atoms with Gasteiger partial charge in [0.2, 0.25) is 15.9 Å². The molecule has 9 nitrogen and oxygen atoms in total. The number of hydrogen-bond donors (Lipinski definition) is 3. The smallest absolute Gasteiger partial charge is 0.253 e. The monoisotopic (exact) mass is 441 g/mol. The van der Waals surface area contributed by atoms with Gasteiger partial charge in [0.05, 0.1) is 29.4 Å². The number of rotatable bonds is 8. The summed E-state index contributed by atoms with van der Waals surface area (Å²) in [6.45, 7) is 1.67. The number of para-hydroxylation sites is 1. The molecule has 0 aliphatic rings. The summed E-state index contributed by atoms with van der Waals surface area (Å²) in [5, 5.41) is 9.69. The predicted octanol–water partition coefficient (Wildman–Crippen LogP) is 2.17. The molecule has 0 unspecified atom stereocenters. The van der Waals surface area contributed by atoms with Crippen molar-refractivity contribution < 1.29 is 18.0 Å². The van der Waals surface area contributed by atoms with Gasteiger partial charge in [-0.05, 0) is 42.3 Å². The molecule has 0 bridgehead atoms. The van der Waals surface area contributed by atoms with Crippen molar-refractivity contribution in [2.75, 3.05) is 22.8 Å². The van der Waals surface area contributed by atoms with Crippen molar-refractivity contribution in [2.24, 2.45) is 0 Å². The van der Waals surface area contributed by atoms with Crippen LogP contribution in [-0.4, -0.2) is 42.8 Å². The first-order valence-electron chi connectivity index (χ1n) is 9.48. The van der Waals surface area contributed by atoms with Gasteiger partial charge >= 0.3 is 0 Å². The molecule has 0 radical (unpaired) electrons. The number of anilines is 2. The van der Waals surface area contributed by atoms with Gasteiger partial charge in [-0.2, -0.15) is 5.10 Å². The van der Waals surface area contributed by atoms with Crippen molar-refractivity contribution in [3.63, 3.8) is 0 Å². The summed E-state index contributed by atoms with van der Waals surface area (Å²) in [6.07, 6.45) is 5.16. The minimum Gasteiger partial charge on any atom is -0.352 e. The SMILES string of the molecule is CC(=O)Nc1ccc(NS(C)(=O)=O)c(C(=O)NCCc2cnn(-c3ccccc3)c2)c1. The predicted molar refractivity (Wildman–Crippen MR) is 119 cm³/mol. The summed E-state index contributed by atoms with van der Waals surface area (Å²) in [7, 11) is -3.58. The zero-order valence-corrected chi connectivity index (χ0v) is 17.9. The van der Waals surface area contributed by atoms with Crippen LogP contribution in [0, 0.1) is 0 Å². The Hall–Kier alpha value is -3.66. The zero-order chi connectivity index (χ0) is 22.4. The fourth-order valence-corrected chi connectivity index (χ4v) is 3.51. The lowest BCUT2D eigenvalue weighted by molar-refractivity contribution is -0.114. The first kappa shape index (κ1) is 22.0. The molecular formula is C21H23N5O4S. The molecule has 0 atom stereocenters. The Morgan fingerprint density at radius 2 is 1.84 bits per heavy atom. The van der Waals surface area contributed by atoms with Gasteiger partial charge in [-0.3, -0.25) is 14.3 Å². The Bertz CT molecular complexity index is 1190. The maximum Gasteiger partial charge on any atom is 0.253 e. The lowest BCUT2D eigenvalue weighted by Crippen LogP contribution is -2.27. The molecule has 3 aromatic rings. The number of carbonyl (C=O) groups is 2. The van der Waals surface area contributed by atoms with E-state index in [-0.39, 0.29) is 17.2 Å². The van der Waals surface area contributed by atoms with Crippen LogP contribution < -0.4 is 15.4 Å². The molecule has 0 saturated carbocycles. The molecule has 0 spiro atoms. The highest BCUT2D eigenvalue weighted by atomic mass is 32.2. The fraction of sp³-hybridized carbons (Fsp3) is 0.190. The van der Waals surface area contributed by atoms with Gasteiger partial charge in [0.15, 0.2) is 0 Å². The van der Waals surface area contributed by atoms with Crippen LogP contribution in [0.5, 0.6) is 0 Å². The Kier molecular flexibility index (Phi) is 6.71. The number of benzene rings is 2. The van der Waals surface area contributed by atoms with E-state index in [9.17, 15) is 18.0 Å². The van der Waals surface area contributed by atoms with Crippen LogP contribution >= 0.6 is 0 Å². The van der Waals surface area contributed by atoms with E-state index >= 15 is 0 Å². The van der Waals surface area contributed by atoms with E-state index in [4.69, 9.17) is 0 Å². The lowest BCUT2D eigenvalue weighted by Gasteiger charge is -2.13. The summed E-state index contributed by atoms with van der Waals surface area (Å²) < 4.78 is 27.3. The zero-order valence-electron chi connectivity index (χ0n) is 17.1. The highest BCUT2D eigenvalue weighted by molar-refractivity contribution is 7.92. The second-order valence-electron chi connectivity index (χ2n) is 6.95. The van der Waals surface area contributed by atoms with Crippen LogP contribution in [0.25, 0.3) is 5.69 Å². The summed E-state index contributed by atoms with van der Waals surface area (Å²) in [6, 6.07) is 14.0. The molecule has 3 rings (SSSR count). The van der Waals surface area contributed by atoms with Crippen LogP contribution in [0.2, 0.25) is 0 Å². The highest BCUT2D eigenvalue weighted by Gasteiger charge is 2.15. The number of aromatic nitrogens is 2. The first-order valence-corrected chi connectivity index (χ1v) is 11.4. The van der Waals surface area contributed by atoms with E-state index in [1.165, 1.54) is 25.1 Å². The number of hydrogen-bond acceptors (Lipinski definition) is 5. The fourth-order valence-electron chi connectivity index (χ4n) is 2.93. The maximum atomic E-state index is 12.7. The van der Waals surface area contributed by atoms with Crippen molar-refractivity contribution in [1.29, 1.82) is 0 Å². The van der Waals surface area contributed by atoms with Crippen molar-refractivity contribution >= 4 is 33.2 Å². The summed E-state index contributed by atoms with van der Waals surface area (Å²) in [4.78, 5) is 24.0. The maximum absolute atomic E-state index is 12.7. The third kappa shape index (κ3) is 6.41. The third-order valence-corrected chi connectivity index (χ3v) is 4.83. The Morgan fingerprint density at radius 3 is 2.52 bits per heavy atom. The van der Waals surface area contributed by atoms with Gasteiger partial charge in [0, 0.05) is 25.4 Å². The number of sulfonamides is 1. The molecule has 2 amide bonds. The average Bonchev–Trinajstić information content (AvgIpc) is 3.17. The van der Waals surface area contributed by atoms with Gasteiger partial charge in [0.25, 0.3) is 5.91 Å². The van der Waals surface area contributed by atoms with E-state index in [0.29, 0.717) is 18.7 Å². The number of nitrogens with one attached hydrogen (secondary N) is 3. The third-order valence-electron chi connectivity index (χ3n) is 4.24. The van der Waals surface area contributed by atoms with Crippen molar-refractivity contribution in [3.8, 4) is 5.69 Å². The Morgan fingerprint density at radius 1 is 1.10 bits per heavy atom. The van der Waals surface area contributed by atoms with Crippen LogP contribution in [0.1, 0.15) is 22.8 Å². The number of carbonyl (C=O) groups excluding carboxylic acids is 2. The average molecular weight is 442 g/mol. The van der Waals surface area contributed by atoms with Crippen LogP contribution in [-0.2, 0) is 21.2 Å². The number of amides is 2. The van der Waals surface area contributed by atoms with E-state index in [0.717, 1.165) is 17.5 Å². The van der Waals surface area contributed by atoms with Crippen LogP contribution in [0.4, 0.5) is 11.4 Å². The van der Waals surface area contributed by atoms with Crippen molar-refractivity contribution in [2.45, 2.75) is 13.3 Å². The molecule has 2 aromatic carbocycles. The molecule has 0 fully saturated rings. The Labute approximate surface area is 180 Å². The summed E-state index contributed by atoms with van der Waals surface area (Å²) in [5.41, 5.74) is 2.50. The molecule has 0 aliphatic heterocycles. The van der Waals surface area contributed by atoms with Crippen LogP contribution in [0.3, 0.4) is 0 Å². The van der Waals surface area contributed by atoms with E-state index in [2.05, 4.69) is 20.5 Å². The standard InChI is InChI=1S/C21H23N5O4S/c1-15(27)24-17-8-9-20(25-31(2,29)30)19(12-17)21(28)22-11-10-16-13-23-26(14-16)18-6-4-3-5-7-18/h3-9,12-14,25H,10-11H2,1-2H3,(H,22,28)(H,24,27). The van der Waals surface area contributed by atoms with Gasteiger partial charge in [-0.15, -0.1) is 0 Å². The first-order chi connectivity index (χ1) is 14.7. The van der Waals surface area contributed by atoms with Gasteiger partial charge in [-0.1, -0.05) is 18.2 Å².